The molecule has 0 aromatic heterocycles. The molecule has 2 rings (SSSR count). The van der Waals surface area contributed by atoms with Crippen LogP contribution in [0, 0.1) is 11.3 Å². The standard InChI is InChI=1S/C15H20ClN3/c1-18(2)11-14-4-3-7-19(14)15-6-5-12(9-16)8-13(15)10-17/h5-6,8,14H,3-4,7,9,11H2,1-2H3. The van der Waals surface area contributed by atoms with Crippen LogP contribution in [0.2, 0.25) is 0 Å². The lowest BCUT2D eigenvalue weighted by Crippen LogP contribution is -2.37. The van der Waals surface area contributed by atoms with Crippen LogP contribution in [0.3, 0.4) is 0 Å². The predicted octanol–water partition coefficient (Wildman–Crippen LogP) is 2.83. The molecule has 1 heterocycles. The van der Waals surface area contributed by atoms with Crippen molar-refractivity contribution >= 4 is 17.3 Å². The summed E-state index contributed by atoms with van der Waals surface area (Å²) in [5.74, 6) is 0.454. The molecule has 1 aromatic rings. The fourth-order valence-corrected chi connectivity index (χ4v) is 2.94. The Kier molecular flexibility index (Phi) is 4.68. The van der Waals surface area contributed by atoms with E-state index in [1.54, 1.807) is 0 Å². The number of nitrogens with zero attached hydrogens (tertiary/aromatic N) is 3. The molecule has 0 radical (unpaired) electrons. The number of nitriles is 1. The second-order valence-corrected chi connectivity index (χ2v) is 5.62. The van der Waals surface area contributed by atoms with Crippen LogP contribution in [0.15, 0.2) is 18.2 Å². The maximum absolute atomic E-state index is 9.34. The average Bonchev–Trinajstić information content (AvgIpc) is 2.85. The highest BCUT2D eigenvalue weighted by molar-refractivity contribution is 6.17. The third-order valence-corrected chi connectivity index (χ3v) is 3.91. The van der Waals surface area contributed by atoms with Gasteiger partial charge in [0.1, 0.15) is 6.07 Å². The largest absolute Gasteiger partial charge is 0.366 e. The lowest BCUT2D eigenvalue weighted by Gasteiger charge is -2.29. The Bertz CT molecular complexity index is 479. The smallest absolute Gasteiger partial charge is 0.101 e. The topological polar surface area (TPSA) is 30.3 Å². The number of alkyl halides is 1. The SMILES string of the molecule is CN(C)CC1CCCN1c1ccc(CCl)cc1C#N. The molecule has 1 unspecified atom stereocenters. The molecule has 0 aliphatic carbocycles. The van der Waals surface area contributed by atoms with Crippen molar-refractivity contribution < 1.29 is 0 Å². The highest BCUT2D eigenvalue weighted by atomic mass is 35.5. The molecule has 0 amide bonds. The molecule has 1 aliphatic rings. The van der Waals surface area contributed by atoms with Crippen molar-refractivity contribution in [1.82, 2.24) is 4.90 Å². The summed E-state index contributed by atoms with van der Waals surface area (Å²) in [6.45, 7) is 2.07. The van der Waals surface area contributed by atoms with Crippen LogP contribution in [0.1, 0.15) is 24.0 Å². The van der Waals surface area contributed by atoms with Crippen LogP contribution in [0.4, 0.5) is 5.69 Å². The number of hydrogen-bond acceptors (Lipinski definition) is 3. The van der Waals surface area contributed by atoms with E-state index < -0.39 is 0 Å². The van der Waals surface area contributed by atoms with Gasteiger partial charge in [0, 0.05) is 25.0 Å². The van der Waals surface area contributed by atoms with Gasteiger partial charge in [0.2, 0.25) is 0 Å². The van der Waals surface area contributed by atoms with Gasteiger partial charge >= 0.3 is 0 Å². The van der Waals surface area contributed by atoms with Crippen molar-refractivity contribution in [2.75, 3.05) is 32.1 Å². The summed E-state index contributed by atoms with van der Waals surface area (Å²) < 4.78 is 0. The van der Waals surface area contributed by atoms with Crippen LogP contribution < -0.4 is 4.90 Å². The number of benzene rings is 1. The number of hydrogen-bond donors (Lipinski definition) is 0. The summed E-state index contributed by atoms with van der Waals surface area (Å²) in [5, 5.41) is 9.34. The molecule has 1 aromatic carbocycles. The van der Waals surface area contributed by atoms with Gasteiger partial charge in [0.05, 0.1) is 11.3 Å². The van der Waals surface area contributed by atoms with Gasteiger partial charge in [-0.3, -0.25) is 0 Å². The minimum absolute atomic E-state index is 0.454. The Labute approximate surface area is 120 Å². The van der Waals surface area contributed by atoms with Crippen molar-refractivity contribution in [3.63, 3.8) is 0 Å². The number of likely N-dealkylation sites (N-methyl/N-ethyl adjacent to an activating group) is 1. The van der Waals surface area contributed by atoms with Gasteiger partial charge in [-0.15, -0.1) is 11.6 Å². The van der Waals surface area contributed by atoms with Gasteiger partial charge in [0.15, 0.2) is 0 Å². The molecule has 1 aliphatic heterocycles. The third-order valence-electron chi connectivity index (χ3n) is 3.60. The molecule has 4 heteroatoms. The summed E-state index contributed by atoms with van der Waals surface area (Å²) >= 11 is 5.84. The second-order valence-electron chi connectivity index (χ2n) is 5.35. The van der Waals surface area contributed by atoms with Gasteiger partial charge in [0.25, 0.3) is 0 Å². The van der Waals surface area contributed by atoms with Gasteiger partial charge < -0.3 is 9.80 Å². The predicted molar refractivity (Wildman–Crippen MR) is 79.6 cm³/mol. The van der Waals surface area contributed by atoms with Crippen LogP contribution in [-0.4, -0.2) is 38.1 Å². The Morgan fingerprint density at radius 3 is 2.89 bits per heavy atom. The number of rotatable bonds is 4. The van der Waals surface area contributed by atoms with Crippen LogP contribution in [0.25, 0.3) is 0 Å². The Hall–Kier alpha value is -1.24. The molecule has 19 heavy (non-hydrogen) atoms. The van der Waals surface area contributed by atoms with E-state index >= 15 is 0 Å². The minimum Gasteiger partial charge on any atom is -0.366 e. The summed E-state index contributed by atoms with van der Waals surface area (Å²) in [4.78, 5) is 4.58. The number of halogens is 1. The fraction of sp³-hybridized carbons (Fsp3) is 0.533. The van der Waals surface area contributed by atoms with E-state index in [1.165, 1.54) is 12.8 Å². The van der Waals surface area contributed by atoms with Gasteiger partial charge in [-0.05, 0) is 44.6 Å². The van der Waals surface area contributed by atoms with E-state index in [1.807, 2.05) is 18.2 Å². The lowest BCUT2D eigenvalue weighted by molar-refractivity contribution is 0.372. The van der Waals surface area contributed by atoms with Crippen molar-refractivity contribution in [1.29, 1.82) is 5.26 Å². The molecule has 1 fully saturated rings. The Morgan fingerprint density at radius 2 is 2.26 bits per heavy atom. The van der Waals surface area contributed by atoms with E-state index in [2.05, 4.69) is 30.0 Å². The first-order valence-corrected chi connectivity index (χ1v) is 7.19. The molecule has 3 nitrogen and oxygen atoms in total. The molecular formula is C15H20ClN3. The lowest BCUT2D eigenvalue weighted by atomic mass is 10.1. The monoisotopic (exact) mass is 277 g/mol. The fourth-order valence-electron chi connectivity index (χ4n) is 2.77. The van der Waals surface area contributed by atoms with Crippen molar-refractivity contribution in [2.45, 2.75) is 24.8 Å². The molecular weight excluding hydrogens is 258 g/mol. The molecule has 0 spiro atoms. The van der Waals surface area contributed by atoms with E-state index in [-0.39, 0.29) is 0 Å². The quantitative estimate of drug-likeness (QED) is 0.793. The van der Waals surface area contributed by atoms with Crippen LogP contribution >= 0.6 is 11.6 Å². The molecule has 0 bridgehead atoms. The molecule has 102 valence electrons. The van der Waals surface area contributed by atoms with Crippen molar-refractivity contribution in [2.24, 2.45) is 0 Å². The first kappa shape index (κ1) is 14.2. The van der Waals surface area contributed by atoms with E-state index in [0.717, 1.165) is 29.9 Å². The highest BCUT2D eigenvalue weighted by Gasteiger charge is 2.26. The molecule has 0 N–H and O–H groups in total. The van der Waals surface area contributed by atoms with Crippen molar-refractivity contribution in [3.8, 4) is 6.07 Å². The van der Waals surface area contributed by atoms with Gasteiger partial charge in [-0.2, -0.15) is 5.26 Å². The van der Waals surface area contributed by atoms with Crippen molar-refractivity contribution in [3.05, 3.63) is 29.3 Å². The van der Waals surface area contributed by atoms with Gasteiger partial charge in [-0.1, -0.05) is 6.07 Å². The summed E-state index contributed by atoms with van der Waals surface area (Å²) in [7, 11) is 4.19. The molecule has 0 saturated carbocycles. The maximum atomic E-state index is 9.34. The first-order chi connectivity index (χ1) is 9.15. The Balaban J connectivity index is 2.28. The van der Waals surface area contributed by atoms with E-state index in [4.69, 9.17) is 11.6 Å². The highest BCUT2D eigenvalue weighted by Crippen LogP contribution is 2.29. The normalized spacial score (nSPS) is 18.9. The van der Waals surface area contributed by atoms with E-state index in [9.17, 15) is 5.26 Å². The summed E-state index contributed by atoms with van der Waals surface area (Å²) in [6.07, 6.45) is 2.39. The van der Waals surface area contributed by atoms with Crippen LogP contribution in [0.5, 0.6) is 0 Å². The zero-order valence-electron chi connectivity index (χ0n) is 11.6. The second kappa shape index (κ2) is 6.27. The third kappa shape index (κ3) is 3.20. The maximum Gasteiger partial charge on any atom is 0.101 e. The summed E-state index contributed by atoms with van der Waals surface area (Å²) in [6, 6.07) is 8.79. The zero-order valence-corrected chi connectivity index (χ0v) is 12.3. The minimum atomic E-state index is 0.454. The van der Waals surface area contributed by atoms with Crippen LogP contribution in [-0.2, 0) is 5.88 Å². The van der Waals surface area contributed by atoms with E-state index in [0.29, 0.717) is 11.9 Å². The molecule has 1 saturated heterocycles. The summed E-state index contributed by atoms with van der Waals surface area (Å²) in [5.41, 5.74) is 2.80. The Morgan fingerprint density at radius 1 is 1.47 bits per heavy atom. The zero-order chi connectivity index (χ0) is 13.8. The average molecular weight is 278 g/mol. The number of anilines is 1. The first-order valence-electron chi connectivity index (χ1n) is 6.66. The van der Waals surface area contributed by atoms with Gasteiger partial charge in [-0.25, -0.2) is 0 Å². The molecule has 1 atom stereocenters.